The molecule has 0 saturated carbocycles. The van der Waals surface area contributed by atoms with Gasteiger partial charge in [-0.2, -0.15) is 0 Å². The van der Waals surface area contributed by atoms with Crippen LogP contribution in [0.5, 0.6) is 0 Å². The van der Waals surface area contributed by atoms with Gasteiger partial charge in [-0.15, -0.1) is 0 Å². The number of rotatable bonds is 5. The summed E-state index contributed by atoms with van der Waals surface area (Å²) in [5.41, 5.74) is 7.71. The number of benzene rings is 1. The highest BCUT2D eigenvalue weighted by Gasteiger charge is 2.19. The summed E-state index contributed by atoms with van der Waals surface area (Å²) in [6.07, 6.45) is 0. The Bertz CT molecular complexity index is 528. The number of nitrogen functional groups attached to an aromatic ring is 1. The summed E-state index contributed by atoms with van der Waals surface area (Å²) in [4.78, 5) is 27.3. The predicted octanol–water partition coefficient (Wildman–Crippen LogP) is 0.789. The minimum atomic E-state index is -0.191. The SMILES string of the molecule is CNC(=O)C(C)CN(C)c1cc(N)ccc1C(=O)N(C)C. The molecule has 0 aliphatic rings. The van der Waals surface area contributed by atoms with Crippen molar-refractivity contribution in [2.45, 2.75) is 6.92 Å². The van der Waals surface area contributed by atoms with Gasteiger partial charge in [-0.1, -0.05) is 6.92 Å². The molecule has 0 aliphatic heterocycles. The summed E-state index contributed by atoms with van der Waals surface area (Å²) in [5.74, 6) is -0.320. The molecule has 0 fully saturated rings. The first-order valence-corrected chi connectivity index (χ1v) is 6.81. The van der Waals surface area contributed by atoms with Gasteiger partial charge < -0.3 is 20.9 Å². The summed E-state index contributed by atoms with van der Waals surface area (Å²) in [5, 5.41) is 2.62. The van der Waals surface area contributed by atoms with E-state index in [0.717, 1.165) is 5.69 Å². The maximum atomic E-state index is 12.2. The molecule has 1 rings (SSSR count). The van der Waals surface area contributed by atoms with E-state index < -0.39 is 0 Å². The molecule has 0 spiro atoms. The van der Waals surface area contributed by atoms with Gasteiger partial charge in [0.15, 0.2) is 0 Å². The first kappa shape index (κ1) is 16.8. The van der Waals surface area contributed by atoms with E-state index in [1.165, 1.54) is 4.90 Å². The Labute approximate surface area is 125 Å². The first-order chi connectivity index (χ1) is 9.77. The van der Waals surface area contributed by atoms with Crippen molar-refractivity contribution in [3.8, 4) is 0 Å². The van der Waals surface area contributed by atoms with Gasteiger partial charge >= 0.3 is 0 Å². The van der Waals surface area contributed by atoms with Gasteiger partial charge in [-0.3, -0.25) is 9.59 Å². The van der Waals surface area contributed by atoms with Crippen LogP contribution < -0.4 is 16.0 Å². The van der Waals surface area contributed by atoms with E-state index in [1.54, 1.807) is 39.3 Å². The summed E-state index contributed by atoms with van der Waals surface area (Å²) in [6.45, 7) is 2.34. The van der Waals surface area contributed by atoms with Gasteiger partial charge in [0.1, 0.15) is 0 Å². The summed E-state index contributed by atoms with van der Waals surface area (Å²) >= 11 is 0. The molecule has 0 aromatic heterocycles. The number of nitrogens with one attached hydrogen (secondary N) is 1. The molecule has 0 aliphatic carbocycles. The number of nitrogens with two attached hydrogens (primary N) is 1. The fourth-order valence-corrected chi connectivity index (χ4v) is 2.12. The summed E-state index contributed by atoms with van der Waals surface area (Å²) in [7, 11) is 6.87. The molecule has 6 nitrogen and oxygen atoms in total. The average Bonchev–Trinajstić information content (AvgIpc) is 2.45. The van der Waals surface area contributed by atoms with Crippen LogP contribution >= 0.6 is 0 Å². The molecule has 3 N–H and O–H groups in total. The Kier molecular flexibility index (Phi) is 5.58. The van der Waals surface area contributed by atoms with Crippen LogP contribution in [0.4, 0.5) is 11.4 Å². The molecule has 0 radical (unpaired) electrons. The van der Waals surface area contributed by atoms with Crippen molar-refractivity contribution in [1.29, 1.82) is 0 Å². The number of nitrogens with zero attached hydrogens (tertiary/aromatic N) is 2. The van der Waals surface area contributed by atoms with Gasteiger partial charge in [0.05, 0.1) is 17.2 Å². The van der Waals surface area contributed by atoms with Crippen LogP contribution in [-0.4, -0.2) is 51.4 Å². The predicted molar refractivity (Wildman–Crippen MR) is 85.4 cm³/mol. The number of amides is 2. The van der Waals surface area contributed by atoms with Crippen molar-refractivity contribution in [3.63, 3.8) is 0 Å². The van der Waals surface area contributed by atoms with Crippen LogP contribution in [0.1, 0.15) is 17.3 Å². The van der Waals surface area contributed by atoms with Crippen LogP contribution in [0.3, 0.4) is 0 Å². The molecule has 6 heteroatoms. The van der Waals surface area contributed by atoms with E-state index in [9.17, 15) is 9.59 Å². The monoisotopic (exact) mass is 292 g/mol. The Morgan fingerprint density at radius 3 is 2.43 bits per heavy atom. The maximum Gasteiger partial charge on any atom is 0.255 e. The number of carbonyl (C=O) groups is 2. The van der Waals surface area contributed by atoms with Crippen LogP contribution in [-0.2, 0) is 4.79 Å². The quantitative estimate of drug-likeness (QED) is 0.786. The molecule has 21 heavy (non-hydrogen) atoms. The molecule has 0 bridgehead atoms. The number of hydrogen-bond donors (Lipinski definition) is 2. The second kappa shape index (κ2) is 6.97. The molecule has 1 unspecified atom stereocenters. The standard InChI is InChI=1S/C15H24N4O2/c1-10(14(20)17-2)9-19(5)13-8-11(16)6-7-12(13)15(21)18(3)4/h6-8,10H,9,16H2,1-5H3,(H,17,20). The van der Waals surface area contributed by atoms with Gasteiger partial charge in [-0.25, -0.2) is 0 Å². The van der Waals surface area contributed by atoms with Crippen molar-refractivity contribution in [3.05, 3.63) is 23.8 Å². The van der Waals surface area contributed by atoms with E-state index in [4.69, 9.17) is 5.73 Å². The van der Waals surface area contributed by atoms with Crippen molar-refractivity contribution in [1.82, 2.24) is 10.2 Å². The molecule has 1 aromatic carbocycles. The van der Waals surface area contributed by atoms with Crippen LogP contribution in [0.25, 0.3) is 0 Å². The van der Waals surface area contributed by atoms with Crippen LogP contribution in [0, 0.1) is 5.92 Å². The average molecular weight is 292 g/mol. The van der Waals surface area contributed by atoms with Crippen molar-refractivity contribution in [2.75, 3.05) is 45.4 Å². The van der Waals surface area contributed by atoms with Crippen molar-refractivity contribution >= 4 is 23.2 Å². The lowest BCUT2D eigenvalue weighted by molar-refractivity contribution is -0.123. The third kappa shape index (κ3) is 4.11. The van der Waals surface area contributed by atoms with Gasteiger partial charge in [0.2, 0.25) is 5.91 Å². The zero-order chi connectivity index (χ0) is 16.2. The van der Waals surface area contributed by atoms with E-state index in [0.29, 0.717) is 17.8 Å². The number of hydrogen-bond acceptors (Lipinski definition) is 4. The Hall–Kier alpha value is -2.24. The van der Waals surface area contributed by atoms with Gasteiger partial charge in [-0.05, 0) is 18.2 Å². The fraction of sp³-hybridized carbons (Fsp3) is 0.467. The van der Waals surface area contributed by atoms with Crippen LogP contribution in [0.2, 0.25) is 0 Å². The molecular formula is C15H24N4O2. The molecule has 0 heterocycles. The molecular weight excluding hydrogens is 268 g/mol. The smallest absolute Gasteiger partial charge is 0.255 e. The maximum absolute atomic E-state index is 12.2. The molecule has 1 atom stereocenters. The van der Waals surface area contributed by atoms with Crippen molar-refractivity contribution in [2.24, 2.45) is 5.92 Å². The third-order valence-corrected chi connectivity index (χ3v) is 3.31. The largest absolute Gasteiger partial charge is 0.399 e. The lowest BCUT2D eigenvalue weighted by Gasteiger charge is -2.26. The minimum Gasteiger partial charge on any atom is -0.399 e. The second-order valence-corrected chi connectivity index (χ2v) is 5.37. The Balaban J connectivity index is 3.07. The highest BCUT2D eigenvalue weighted by Crippen LogP contribution is 2.24. The topological polar surface area (TPSA) is 78.7 Å². The first-order valence-electron chi connectivity index (χ1n) is 6.81. The van der Waals surface area contributed by atoms with E-state index in [1.807, 2.05) is 18.9 Å². The van der Waals surface area contributed by atoms with E-state index in [2.05, 4.69) is 5.32 Å². The van der Waals surface area contributed by atoms with Crippen molar-refractivity contribution < 1.29 is 9.59 Å². The fourth-order valence-electron chi connectivity index (χ4n) is 2.12. The van der Waals surface area contributed by atoms with Crippen LogP contribution in [0.15, 0.2) is 18.2 Å². The minimum absolute atomic E-state index is 0.0359. The zero-order valence-corrected chi connectivity index (χ0v) is 13.3. The highest BCUT2D eigenvalue weighted by molar-refractivity contribution is 6.00. The third-order valence-electron chi connectivity index (χ3n) is 3.31. The summed E-state index contributed by atoms with van der Waals surface area (Å²) < 4.78 is 0. The normalized spacial score (nSPS) is 11.7. The highest BCUT2D eigenvalue weighted by atomic mass is 16.2. The molecule has 2 amide bonds. The zero-order valence-electron chi connectivity index (χ0n) is 13.3. The van der Waals surface area contributed by atoms with E-state index in [-0.39, 0.29) is 17.7 Å². The molecule has 1 aromatic rings. The van der Waals surface area contributed by atoms with E-state index >= 15 is 0 Å². The lowest BCUT2D eigenvalue weighted by Crippen LogP contribution is -2.35. The summed E-state index contributed by atoms with van der Waals surface area (Å²) in [6, 6.07) is 5.18. The molecule has 0 saturated heterocycles. The molecule has 116 valence electrons. The number of anilines is 2. The second-order valence-electron chi connectivity index (χ2n) is 5.37. The number of carbonyl (C=O) groups excluding carboxylic acids is 2. The van der Waals surface area contributed by atoms with Gasteiger partial charge in [0, 0.05) is 40.4 Å². The lowest BCUT2D eigenvalue weighted by atomic mass is 10.1. The van der Waals surface area contributed by atoms with Gasteiger partial charge in [0.25, 0.3) is 5.91 Å². The Morgan fingerprint density at radius 2 is 1.90 bits per heavy atom. The Morgan fingerprint density at radius 1 is 1.29 bits per heavy atom.